The third-order valence-corrected chi connectivity index (χ3v) is 2.38. The fourth-order valence-electron chi connectivity index (χ4n) is 1.40. The van der Waals surface area contributed by atoms with E-state index in [0.29, 0.717) is 10.7 Å². The van der Waals surface area contributed by atoms with E-state index in [4.69, 9.17) is 29.6 Å². The Morgan fingerprint density at radius 1 is 1.60 bits per heavy atom. The lowest BCUT2D eigenvalue weighted by Gasteiger charge is -2.05. The van der Waals surface area contributed by atoms with Gasteiger partial charge in [0.1, 0.15) is 0 Å². The maximum absolute atomic E-state index is 6.03. The molecule has 6 heteroatoms. The van der Waals surface area contributed by atoms with Crippen LogP contribution in [0.25, 0.3) is 10.9 Å². The van der Waals surface area contributed by atoms with Gasteiger partial charge in [-0.15, -0.1) is 0 Å². The second-order valence-corrected chi connectivity index (χ2v) is 4.03. The van der Waals surface area contributed by atoms with E-state index in [0.717, 1.165) is 10.9 Å². The molecule has 3 N–H and O–H groups in total. The van der Waals surface area contributed by atoms with E-state index in [1.165, 1.54) is 0 Å². The minimum Gasteiger partial charge on any atom is -0.376 e. The average Bonchev–Trinajstić information content (AvgIpc) is 2.44. The summed E-state index contributed by atoms with van der Waals surface area (Å²) in [6.45, 7) is 0. The summed E-state index contributed by atoms with van der Waals surface area (Å²) in [6.07, 6.45) is 1.90. The van der Waals surface area contributed by atoms with Gasteiger partial charge >= 0.3 is 0 Å². The third kappa shape index (κ3) is 2.03. The third-order valence-electron chi connectivity index (χ3n) is 1.97. The maximum atomic E-state index is 6.03. The molecule has 78 valence electrons. The minimum absolute atomic E-state index is 0.195. The molecule has 0 fully saturated rings. The Kier molecular flexibility index (Phi) is 2.50. The lowest BCUT2D eigenvalue weighted by molar-refractivity contribution is 0.780. The van der Waals surface area contributed by atoms with Crippen molar-refractivity contribution in [2.24, 2.45) is 12.8 Å². The zero-order valence-electron chi connectivity index (χ0n) is 7.99. The number of aryl methyl sites for hydroxylation is 1. The van der Waals surface area contributed by atoms with Crippen molar-refractivity contribution >= 4 is 45.5 Å². The number of nitrogens with one attached hydrogen (secondary N) is 1. The van der Waals surface area contributed by atoms with Crippen molar-refractivity contribution in [3.05, 3.63) is 23.4 Å². The second kappa shape index (κ2) is 3.67. The number of rotatable bonds is 1. The van der Waals surface area contributed by atoms with Crippen molar-refractivity contribution in [1.29, 1.82) is 0 Å². The van der Waals surface area contributed by atoms with E-state index < -0.39 is 0 Å². The van der Waals surface area contributed by atoms with Gasteiger partial charge in [-0.3, -0.25) is 4.68 Å². The van der Waals surface area contributed by atoms with Gasteiger partial charge in [-0.1, -0.05) is 11.6 Å². The van der Waals surface area contributed by atoms with Crippen LogP contribution in [0.15, 0.2) is 18.3 Å². The molecule has 0 unspecified atom stereocenters. The Balaban J connectivity index is 2.55. The highest BCUT2D eigenvalue weighted by Gasteiger charge is 2.06. The molecule has 1 aromatic carbocycles. The van der Waals surface area contributed by atoms with Crippen LogP contribution in [0.2, 0.25) is 5.02 Å². The molecule has 2 rings (SSSR count). The van der Waals surface area contributed by atoms with Crippen LogP contribution >= 0.6 is 23.8 Å². The van der Waals surface area contributed by atoms with Crippen molar-refractivity contribution < 1.29 is 0 Å². The van der Waals surface area contributed by atoms with Crippen LogP contribution in [0.3, 0.4) is 0 Å². The fourth-order valence-corrected chi connectivity index (χ4v) is 1.71. The van der Waals surface area contributed by atoms with Crippen LogP contribution in [0.5, 0.6) is 0 Å². The van der Waals surface area contributed by atoms with Crippen LogP contribution < -0.4 is 11.1 Å². The average molecular weight is 241 g/mol. The quantitative estimate of drug-likeness (QED) is 0.748. The molecule has 0 saturated carbocycles. The summed E-state index contributed by atoms with van der Waals surface area (Å²) in [5, 5.41) is 8.78. The summed E-state index contributed by atoms with van der Waals surface area (Å²) < 4.78 is 1.73. The number of nitrogens with zero attached hydrogens (tertiary/aromatic N) is 2. The molecule has 0 amide bonds. The van der Waals surface area contributed by atoms with Gasteiger partial charge in [-0.25, -0.2) is 0 Å². The first kappa shape index (κ1) is 10.2. The van der Waals surface area contributed by atoms with Gasteiger partial charge in [0, 0.05) is 18.6 Å². The van der Waals surface area contributed by atoms with Gasteiger partial charge in [-0.2, -0.15) is 5.10 Å². The molecule has 0 bridgehead atoms. The summed E-state index contributed by atoms with van der Waals surface area (Å²) in [6, 6.07) is 3.64. The van der Waals surface area contributed by atoms with Gasteiger partial charge in [0.05, 0.1) is 16.2 Å². The molecular weight excluding hydrogens is 232 g/mol. The maximum Gasteiger partial charge on any atom is 0.168 e. The van der Waals surface area contributed by atoms with Crippen LogP contribution in [0.4, 0.5) is 5.69 Å². The highest BCUT2D eigenvalue weighted by Crippen LogP contribution is 2.27. The molecule has 0 saturated heterocycles. The van der Waals surface area contributed by atoms with Gasteiger partial charge in [0.15, 0.2) is 5.11 Å². The number of aromatic nitrogens is 2. The SMILES string of the molecule is Cn1cc2cc(NC(N)=S)c(Cl)cc2n1. The molecule has 15 heavy (non-hydrogen) atoms. The normalized spacial score (nSPS) is 10.5. The Morgan fingerprint density at radius 3 is 3.00 bits per heavy atom. The number of halogens is 1. The summed E-state index contributed by atoms with van der Waals surface area (Å²) >= 11 is 10.8. The molecule has 0 aliphatic rings. The Bertz CT molecular complexity index is 534. The van der Waals surface area contributed by atoms with Crippen LogP contribution in [0, 0.1) is 0 Å². The van der Waals surface area contributed by atoms with Gasteiger partial charge < -0.3 is 11.1 Å². The van der Waals surface area contributed by atoms with Crippen molar-refractivity contribution in [3.63, 3.8) is 0 Å². The number of nitrogens with two attached hydrogens (primary N) is 1. The van der Waals surface area contributed by atoms with Crippen LogP contribution in [-0.4, -0.2) is 14.9 Å². The number of hydrogen-bond donors (Lipinski definition) is 2. The molecule has 1 heterocycles. The summed E-state index contributed by atoms with van der Waals surface area (Å²) in [7, 11) is 1.86. The highest BCUT2D eigenvalue weighted by atomic mass is 35.5. The van der Waals surface area contributed by atoms with Crippen molar-refractivity contribution in [2.45, 2.75) is 0 Å². The van der Waals surface area contributed by atoms with Crippen molar-refractivity contribution in [3.8, 4) is 0 Å². The Hall–Kier alpha value is -1.33. The van der Waals surface area contributed by atoms with E-state index >= 15 is 0 Å². The highest BCUT2D eigenvalue weighted by molar-refractivity contribution is 7.80. The van der Waals surface area contributed by atoms with E-state index in [1.54, 1.807) is 10.7 Å². The number of hydrogen-bond acceptors (Lipinski definition) is 2. The number of fused-ring (bicyclic) bond motifs is 1. The van der Waals surface area contributed by atoms with Crippen molar-refractivity contribution in [2.75, 3.05) is 5.32 Å². The molecule has 0 aliphatic carbocycles. The lowest BCUT2D eigenvalue weighted by Crippen LogP contribution is -2.19. The number of anilines is 1. The minimum atomic E-state index is 0.195. The van der Waals surface area contributed by atoms with Crippen molar-refractivity contribution in [1.82, 2.24) is 9.78 Å². The summed E-state index contributed by atoms with van der Waals surface area (Å²) in [5.41, 5.74) is 6.93. The first-order valence-corrected chi connectivity index (χ1v) is 5.04. The standard InChI is InChI=1S/C9H9ClN4S/c1-14-4-5-2-8(12-9(11)15)6(10)3-7(5)13-14/h2-4H,1H3,(H3,11,12,15). The molecule has 4 nitrogen and oxygen atoms in total. The predicted octanol–water partition coefficient (Wildman–Crippen LogP) is 1.88. The molecule has 0 spiro atoms. The lowest BCUT2D eigenvalue weighted by atomic mass is 10.2. The van der Waals surface area contributed by atoms with Gasteiger partial charge in [0.2, 0.25) is 0 Å². The first-order valence-electron chi connectivity index (χ1n) is 4.25. The second-order valence-electron chi connectivity index (χ2n) is 3.18. The Labute approximate surface area is 97.0 Å². The fraction of sp³-hybridized carbons (Fsp3) is 0.111. The summed E-state index contributed by atoms with van der Waals surface area (Å²) in [4.78, 5) is 0. The van der Waals surface area contributed by atoms with E-state index in [1.807, 2.05) is 19.3 Å². The monoisotopic (exact) mass is 240 g/mol. The number of benzene rings is 1. The summed E-state index contributed by atoms with van der Waals surface area (Å²) in [5.74, 6) is 0. The zero-order chi connectivity index (χ0) is 11.0. The predicted molar refractivity (Wildman–Crippen MR) is 66.1 cm³/mol. The van der Waals surface area contributed by atoms with E-state index in [2.05, 4.69) is 10.4 Å². The molecule has 2 aromatic rings. The van der Waals surface area contributed by atoms with E-state index in [9.17, 15) is 0 Å². The van der Waals surface area contributed by atoms with Crippen LogP contribution in [-0.2, 0) is 7.05 Å². The molecule has 0 atom stereocenters. The van der Waals surface area contributed by atoms with Gasteiger partial charge in [0.25, 0.3) is 0 Å². The van der Waals surface area contributed by atoms with Crippen LogP contribution in [0.1, 0.15) is 0 Å². The smallest absolute Gasteiger partial charge is 0.168 e. The molecule has 1 aromatic heterocycles. The molecule has 0 radical (unpaired) electrons. The largest absolute Gasteiger partial charge is 0.376 e. The number of thiocarbonyl (C=S) groups is 1. The topological polar surface area (TPSA) is 55.9 Å². The first-order chi connectivity index (χ1) is 7.06. The molecule has 0 aliphatic heterocycles. The van der Waals surface area contributed by atoms with Gasteiger partial charge in [-0.05, 0) is 24.4 Å². The Morgan fingerprint density at radius 2 is 2.33 bits per heavy atom. The van der Waals surface area contributed by atoms with E-state index in [-0.39, 0.29) is 5.11 Å². The zero-order valence-corrected chi connectivity index (χ0v) is 9.56. The molecular formula is C9H9ClN4S.